The van der Waals surface area contributed by atoms with Crippen LogP contribution in [-0.2, 0) is 14.3 Å². The second-order valence-corrected chi connectivity index (χ2v) is 21.7. The van der Waals surface area contributed by atoms with E-state index in [1.54, 1.807) is 5.57 Å². The molecular formula is C53H85F3O3S. The van der Waals surface area contributed by atoms with Crippen LogP contribution in [0.1, 0.15) is 188 Å². The SMILES string of the molecule is C.C.C#CC1=C(C)[C@@H](C)C[C@H](C)C1.CC[C@@H](C)[C@H]1CCC2C(C#CC3=C(C)[C@@H](C)C[C@H](C)C3)=CCC[C@@]21C.CC[C@@H](C)[C@H]1CCC2C(OS(=O)(=O)C(F)(F)F)=CCC[C@@]21C. The number of hydrogen-bond acceptors (Lipinski definition) is 3. The van der Waals surface area contributed by atoms with Crippen molar-refractivity contribution in [1.82, 2.24) is 0 Å². The van der Waals surface area contributed by atoms with Gasteiger partial charge in [-0.1, -0.05) is 132 Å². The van der Waals surface area contributed by atoms with Crippen LogP contribution < -0.4 is 0 Å². The molecule has 0 heterocycles. The number of alkyl halides is 3. The van der Waals surface area contributed by atoms with Gasteiger partial charge in [0, 0.05) is 22.6 Å². The Morgan fingerprint density at radius 1 is 0.767 bits per heavy atom. The molecule has 0 bridgehead atoms. The average Bonchev–Trinajstić information content (AvgIpc) is 3.70. The molecule has 0 radical (unpaired) electrons. The Morgan fingerprint density at radius 2 is 1.22 bits per heavy atom. The molecule has 6 rings (SSSR count). The highest BCUT2D eigenvalue weighted by Crippen LogP contribution is 2.60. The summed E-state index contributed by atoms with van der Waals surface area (Å²) in [4.78, 5) is 0. The fraction of sp³-hybridized carbons (Fsp3) is 0.774. The molecule has 0 aromatic carbocycles. The minimum absolute atomic E-state index is 0. The monoisotopic (exact) mass is 859 g/mol. The van der Waals surface area contributed by atoms with Crippen LogP contribution in [0.2, 0.25) is 0 Å². The molecule has 12 atom stereocenters. The van der Waals surface area contributed by atoms with Crippen molar-refractivity contribution in [3.63, 3.8) is 0 Å². The summed E-state index contributed by atoms with van der Waals surface area (Å²) in [6.45, 7) is 27.5. The van der Waals surface area contributed by atoms with E-state index in [1.165, 1.54) is 79.7 Å². The van der Waals surface area contributed by atoms with Crippen molar-refractivity contribution in [2.75, 3.05) is 0 Å². The van der Waals surface area contributed by atoms with Crippen LogP contribution in [0.15, 0.2) is 45.8 Å². The Morgan fingerprint density at radius 3 is 1.70 bits per heavy atom. The number of halogens is 3. The van der Waals surface area contributed by atoms with Gasteiger partial charge >= 0.3 is 15.6 Å². The highest BCUT2D eigenvalue weighted by Gasteiger charge is 2.55. The summed E-state index contributed by atoms with van der Waals surface area (Å²) in [6.07, 6.45) is 25.1. The van der Waals surface area contributed by atoms with Crippen LogP contribution in [-0.4, -0.2) is 13.9 Å². The Hall–Kier alpha value is -2.38. The minimum atomic E-state index is -5.57. The van der Waals surface area contributed by atoms with Crippen LogP contribution >= 0.6 is 0 Å². The number of allylic oxidation sites excluding steroid dienone is 8. The molecule has 0 saturated heterocycles. The van der Waals surface area contributed by atoms with E-state index in [0.29, 0.717) is 47.8 Å². The molecule has 342 valence electrons. The van der Waals surface area contributed by atoms with Gasteiger partial charge in [-0.15, -0.1) is 6.42 Å². The van der Waals surface area contributed by atoms with Crippen molar-refractivity contribution in [2.24, 2.45) is 70.0 Å². The third-order valence-corrected chi connectivity index (χ3v) is 17.3. The fourth-order valence-electron chi connectivity index (χ4n) is 12.2. The van der Waals surface area contributed by atoms with E-state index in [1.807, 2.05) is 0 Å². The van der Waals surface area contributed by atoms with Gasteiger partial charge in [-0.05, 0) is 161 Å². The van der Waals surface area contributed by atoms with Gasteiger partial charge in [-0.2, -0.15) is 21.6 Å². The van der Waals surface area contributed by atoms with Crippen LogP contribution in [0.3, 0.4) is 0 Å². The quantitative estimate of drug-likeness (QED) is 0.152. The van der Waals surface area contributed by atoms with E-state index >= 15 is 0 Å². The molecule has 0 N–H and O–H groups in total. The lowest BCUT2D eigenvalue weighted by Gasteiger charge is -2.42. The number of rotatable bonds is 6. The minimum Gasteiger partial charge on any atom is -0.381 e. The number of hydrogen-bond donors (Lipinski definition) is 0. The largest absolute Gasteiger partial charge is 0.534 e. The second-order valence-electron chi connectivity index (χ2n) is 20.2. The lowest BCUT2D eigenvalue weighted by atomic mass is 9.62. The first-order valence-electron chi connectivity index (χ1n) is 22.8. The molecule has 3 nitrogen and oxygen atoms in total. The zero-order valence-electron chi connectivity index (χ0n) is 38.2. The molecule has 2 saturated carbocycles. The zero-order valence-corrected chi connectivity index (χ0v) is 39.0. The molecule has 2 fully saturated rings. The van der Waals surface area contributed by atoms with Crippen molar-refractivity contribution in [3.05, 3.63) is 45.8 Å². The predicted molar refractivity (Wildman–Crippen MR) is 249 cm³/mol. The summed E-state index contributed by atoms with van der Waals surface area (Å²) in [6, 6.07) is 0. The van der Waals surface area contributed by atoms with Crippen molar-refractivity contribution < 1.29 is 25.8 Å². The van der Waals surface area contributed by atoms with Gasteiger partial charge < -0.3 is 4.18 Å². The van der Waals surface area contributed by atoms with Crippen molar-refractivity contribution in [3.8, 4) is 24.2 Å². The summed E-state index contributed by atoms with van der Waals surface area (Å²) < 4.78 is 64.7. The zero-order chi connectivity index (χ0) is 43.4. The van der Waals surface area contributed by atoms with Gasteiger partial charge in [-0.25, -0.2) is 0 Å². The summed E-state index contributed by atoms with van der Waals surface area (Å²) in [7, 11) is -5.57. The van der Waals surface area contributed by atoms with Gasteiger partial charge in [-0.3, -0.25) is 0 Å². The Kier molecular flexibility index (Phi) is 19.5. The lowest BCUT2D eigenvalue weighted by molar-refractivity contribution is -0.0536. The topological polar surface area (TPSA) is 43.4 Å². The van der Waals surface area contributed by atoms with E-state index in [0.717, 1.165) is 49.4 Å². The highest BCUT2D eigenvalue weighted by molar-refractivity contribution is 7.87. The fourth-order valence-corrected chi connectivity index (χ4v) is 12.8. The maximum atomic E-state index is 12.5. The summed E-state index contributed by atoms with van der Waals surface area (Å²) in [5, 5.41) is 0. The lowest BCUT2D eigenvalue weighted by Crippen LogP contribution is -2.37. The molecule has 0 aromatic heterocycles. The molecule has 6 aliphatic rings. The highest BCUT2D eigenvalue weighted by atomic mass is 32.2. The van der Waals surface area contributed by atoms with E-state index in [-0.39, 0.29) is 31.9 Å². The van der Waals surface area contributed by atoms with E-state index in [4.69, 9.17) is 6.42 Å². The van der Waals surface area contributed by atoms with Gasteiger partial charge in [0.05, 0.1) is 0 Å². The average molecular weight is 859 g/mol. The molecule has 0 aliphatic heterocycles. The molecule has 6 aliphatic carbocycles. The van der Waals surface area contributed by atoms with Gasteiger partial charge in [0.2, 0.25) is 0 Å². The Labute approximate surface area is 367 Å². The summed E-state index contributed by atoms with van der Waals surface area (Å²) in [5.41, 5.74) is 2.08. The number of terminal acetylenes is 1. The van der Waals surface area contributed by atoms with Gasteiger partial charge in [0.1, 0.15) is 5.76 Å². The smallest absolute Gasteiger partial charge is 0.381 e. The number of fused-ring (bicyclic) bond motifs is 2. The third-order valence-electron chi connectivity index (χ3n) is 16.3. The normalized spacial score (nSPS) is 34.7. The molecule has 7 heteroatoms. The van der Waals surface area contributed by atoms with E-state index in [2.05, 4.69) is 111 Å². The summed E-state index contributed by atoms with van der Waals surface area (Å²) >= 11 is 0. The van der Waals surface area contributed by atoms with Crippen LogP contribution in [0.25, 0.3) is 0 Å². The molecule has 0 aromatic rings. The maximum absolute atomic E-state index is 12.5. The Bertz CT molecular complexity index is 1800. The van der Waals surface area contributed by atoms with Crippen LogP contribution in [0.5, 0.6) is 0 Å². The molecular weight excluding hydrogens is 774 g/mol. The van der Waals surface area contributed by atoms with Crippen LogP contribution in [0, 0.1) is 94.2 Å². The van der Waals surface area contributed by atoms with Crippen LogP contribution in [0.4, 0.5) is 13.2 Å². The summed E-state index contributed by atoms with van der Waals surface area (Å²) in [5.74, 6) is 16.2. The van der Waals surface area contributed by atoms with Crippen molar-refractivity contribution in [1.29, 1.82) is 0 Å². The van der Waals surface area contributed by atoms with Gasteiger partial charge in [0.15, 0.2) is 0 Å². The third kappa shape index (κ3) is 11.8. The van der Waals surface area contributed by atoms with Gasteiger partial charge in [0.25, 0.3) is 0 Å². The maximum Gasteiger partial charge on any atom is 0.534 e. The first-order chi connectivity index (χ1) is 27.0. The first kappa shape index (κ1) is 53.8. The molecule has 0 amide bonds. The second kappa shape index (κ2) is 21.8. The first-order valence-corrected chi connectivity index (χ1v) is 24.2. The van der Waals surface area contributed by atoms with E-state index < -0.39 is 15.6 Å². The Balaban J connectivity index is 0.000000326. The molecule has 2 unspecified atom stereocenters. The molecule has 60 heavy (non-hydrogen) atoms. The van der Waals surface area contributed by atoms with E-state index in [9.17, 15) is 21.6 Å². The van der Waals surface area contributed by atoms with Crippen molar-refractivity contribution >= 4 is 10.1 Å². The standard InChI is InChI=1S/C25H38.C15H23F3O3S.C11H16.2CH4/c1-7-18(3)23-12-13-24-21(9-8-14-25(23,24)6)10-11-22-16-17(2)15-19(4)20(22)5;1-4-10(2)11-7-8-12-13(6-5-9-14(11,12)3)21-22(19,20)15(16,17)18;1-5-11-7-8(2)6-9(3)10(11)4;;/h9,17-19,23-24H,7-8,12-16H2,1-6H3;6,10-12H,4-5,7-9H2,1-3H3;1,8-9H,6-7H2,2-4H3;2*1H4/t17-,18+,19-,23+,24?,25+;10-,11-,12?,14-;8-,9-;;/m010../s1. The van der Waals surface area contributed by atoms with Crippen molar-refractivity contribution in [2.45, 2.75) is 193 Å². The molecule has 0 spiro atoms. The predicted octanol–water partition coefficient (Wildman–Crippen LogP) is 16.1.